The quantitative estimate of drug-likeness (QED) is 0.594. The Morgan fingerprint density at radius 1 is 0.960 bits per heavy atom. The Kier molecular flexibility index (Phi) is 7.06. The summed E-state index contributed by atoms with van der Waals surface area (Å²) < 4.78 is 10.3. The van der Waals surface area contributed by atoms with Gasteiger partial charge in [-0.15, -0.1) is 0 Å². The largest absolute Gasteiger partial charge is 0.491 e. The minimum atomic E-state index is -0.547. The first kappa shape index (κ1) is 19.1. The summed E-state index contributed by atoms with van der Waals surface area (Å²) >= 11 is 11.7. The number of benzene rings is 2. The Morgan fingerprint density at radius 3 is 2.28 bits per heavy atom. The van der Waals surface area contributed by atoms with Crippen molar-refractivity contribution in [1.29, 1.82) is 0 Å². The van der Waals surface area contributed by atoms with Crippen LogP contribution >= 0.6 is 23.2 Å². The van der Waals surface area contributed by atoms with E-state index in [0.29, 0.717) is 29.5 Å². The third-order valence-electron chi connectivity index (χ3n) is 3.14. The van der Waals surface area contributed by atoms with E-state index in [1.54, 1.807) is 31.4 Å². The van der Waals surface area contributed by atoms with Crippen molar-refractivity contribution in [3.05, 3.63) is 63.6 Å². The van der Waals surface area contributed by atoms with Crippen LogP contribution < -0.4 is 15.6 Å². The van der Waals surface area contributed by atoms with Gasteiger partial charge in [-0.3, -0.25) is 20.4 Å². The molecule has 0 bridgehead atoms. The highest BCUT2D eigenvalue weighted by Crippen LogP contribution is 2.20. The Morgan fingerprint density at radius 2 is 1.64 bits per heavy atom. The van der Waals surface area contributed by atoms with Crippen LogP contribution in [0.3, 0.4) is 0 Å². The molecule has 132 valence electrons. The number of methoxy groups -OCH3 is 1. The predicted octanol–water partition coefficient (Wildman–Crippen LogP) is 3.09. The van der Waals surface area contributed by atoms with E-state index in [0.717, 1.165) is 0 Å². The van der Waals surface area contributed by atoms with E-state index in [1.165, 1.54) is 18.2 Å². The number of carbonyl (C=O) groups is 2. The van der Waals surface area contributed by atoms with Crippen molar-refractivity contribution in [2.24, 2.45) is 0 Å². The van der Waals surface area contributed by atoms with E-state index in [-0.39, 0.29) is 10.6 Å². The molecule has 2 aromatic carbocycles. The number of rotatable bonds is 6. The third-order valence-corrected chi connectivity index (χ3v) is 3.69. The third kappa shape index (κ3) is 5.63. The number of hydrazine groups is 1. The number of carbonyl (C=O) groups excluding carboxylic acids is 2. The summed E-state index contributed by atoms with van der Waals surface area (Å²) in [5, 5.41) is 0.607. The maximum atomic E-state index is 12.1. The fourth-order valence-electron chi connectivity index (χ4n) is 1.87. The minimum Gasteiger partial charge on any atom is -0.491 e. The van der Waals surface area contributed by atoms with Crippen molar-refractivity contribution in [3.8, 4) is 5.75 Å². The SMILES string of the molecule is COCCOc1ccc(C(=O)NNC(=O)c2ccc(Cl)cc2Cl)cc1. The Balaban J connectivity index is 1.90. The van der Waals surface area contributed by atoms with E-state index in [2.05, 4.69) is 10.9 Å². The van der Waals surface area contributed by atoms with Gasteiger partial charge in [-0.05, 0) is 42.5 Å². The Bertz CT molecular complexity index is 751. The van der Waals surface area contributed by atoms with Crippen molar-refractivity contribution in [2.75, 3.05) is 20.3 Å². The maximum absolute atomic E-state index is 12.1. The second-order valence-electron chi connectivity index (χ2n) is 4.90. The molecule has 2 N–H and O–H groups in total. The highest BCUT2D eigenvalue weighted by molar-refractivity contribution is 6.36. The molecule has 0 aliphatic heterocycles. The molecule has 0 radical (unpaired) electrons. The van der Waals surface area contributed by atoms with Gasteiger partial charge < -0.3 is 9.47 Å². The molecule has 0 aliphatic rings. The molecule has 2 amide bonds. The lowest BCUT2D eigenvalue weighted by atomic mass is 10.2. The van der Waals surface area contributed by atoms with Crippen LogP contribution in [0.4, 0.5) is 0 Å². The van der Waals surface area contributed by atoms with Crippen molar-refractivity contribution < 1.29 is 19.1 Å². The van der Waals surface area contributed by atoms with Gasteiger partial charge in [-0.25, -0.2) is 0 Å². The van der Waals surface area contributed by atoms with E-state index in [4.69, 9.17) is 32.7 Å². The number of ether oxygens (including phenoxy) is 2. The fraction of sp³-hybridized carbons (Fsp3) is 0.176. The monoisotopic (exact) mass is 382 g/mol. The molecule has 2 rings (SSSR count). The second kappa shape index (κ2) is 9.27. The van der Waals surface area contributed by atoms with Crippen molar-refractivity contribution in [1.82, 2.24) is 10.9 Å². The lowest BCUT2D eigenvalue weighted by molar-refractivity contribution is 0.0846. The molecule has 0 fully saturated rings. The first-order valence-electron chi connectivity index (χ1n) is 7.29. The van der Waals surface area contributed by atoms with Crippen molar-refractivity contribution in [2.45, 2.75) is 0 Å². The summed E-state index contributed by atoms with van der Waals surface area (Å²) in [6, 6.07) is 10.9. The van der Waals surface area contributed by atoms with E-state index < -0.39 is 11.8 Å². The van der Waals surface area contributed by atoms with Gasteiger partial charge in [0.1, 0.15) is 12.4 Å². The number of halogens is 2. The van der Waals surface area contributed by atoms with E-state index in [1.807, 2.05) is 0 Å². The molecule has 2 aromatic rings. The Labute approximate surface area is 155 Å². The Hall–Kier alpha value is -2.28. The van der Waals surface area contributed by atoms with Gasteiger partial charge in [0.2, 0.25) is 0 Å². The zero-order valence-corrected chi connectivity index (χ0v) is 14.9. The zero-order chi connectivity index (χ0) is 18.2. The maximum Gasteiger partial charge on any atom is 0.271 e. The molecule has 8 heteroatoms. The van der Waals surface area contributed by atoms with Gasteiger partial charge in [0.15, 0.2) is 0 Å². The van der Waals surface area contributed by atoms with Gasteiger partial charge >= 0.3 is 0 Å². The molecule has 0 aliphatic carbocycles. The van der Waals surface area contributed by atoms with Crippen LogP contribution in [0.5, 0.6) is 5.75 Å². The predicted molar refractivity (Wildman–Crippen MR) is 95.2 cm³/mol. The summed E-state index contributed by atoms with van der Waals surface area (Å²) in [5.74, 6) is -0.401. The zero-order valence-electron chi connectivity index (χ0n) is 13.3. The van der Waals surface area contributed by atoms with Gasteiger partial charge in [-0.2, -0.15) is 0 Å². The minimum absolute atomic E-state index is 0.191. The van der Waals surface area contributed by atoms with Crippen LogP contribution in [0.1, 0.15) is 20.7 Å². The molecular formula is C17H16Cl2N2O4. The number of amides is 2. The summed E-state index contributed by atoms with van der Waals surface area (Å²) in [7, 11) is 1.59. The van der Waals surface area contributed by atoms with Crippen LogP contribution in [-0.2, 0) is 4.74 Å². The first-order valence-corrected chi connectivity index (χ1v) is 8.04. The summed E-state index contributed by atoms with van der Waals surface area (Å²) in [4.78, 5) is 24.1. The molecule has 0 aromatic heterocycles. The lowest BCUT2D eigenvalue weighted by Crippen LogP contribution is -2.41. The highest BCUT2D eigenvalue weighted by Gasteiger charge is 2.12. The van der Waals surface area contributed by atoms with Crippen LogP contribution in [-0.4, -0.2) is 32.1 Å². The molecule has 0 atom stereocenters. The van der Waals surface area contributed by atoms with Crippen molar-refractivity contribution >= 4 is 35.0 Å². The molecule has 0 saturated heterocycles. The van der Waals surface area contributed by atoms with Crippen molar-refractivity contribution in [3.63, 3.8) is 0 Å². The van der Waals surface area contributed by atoms with E-state index >= 15 is 0 Å². The molecule has 25 heavy (non-hydrogen) atoms. The summed E-state index contributed by atoms with van der Waals surface area (Å²) in [6.45, 7) is 0.890. The molecule has 6 nitrogen and oxygen atoms in total. The summed E-state index contributed by atoms with van der Waals surface area (Å²) in [6.07, 6.45) is 0. The van der Waals surface area contributed by atoms with Crippen LogP contribution in [0, 0.1) is 0 Å². The molecule has 0 spiro atoms. The van der Waals surface area contributed by atoms with E-state index in [9.17, 15) is 9.59 Å². The standard InChI is InChI=1S/C17H16Cl2N2O4/c1-24-8-9-25-13-5-2-11(3-6-13)16(22)20-21-17(23)14-7-4-12(18)10-15(14)19/h2-7,10H,8-9H2,1H3,(H,20,22)(H,21,23). The number of hydrogen-bond donors (Lipinski definition) is 2. The number of hydrogen-bond acceptors (Lipinski definition) is 4. The average molecular weight is 383 g/mol. The molecule has 0 saturated carbocycles. The first-order chi connectivity index (χ1) is 12.0. The van der Waals surface area contributed by atoms with Gasteiger partial charge in [-0.1, -0.05) is 23.2 Å². The van der Waals surface area contributed by atoms with Gasteiger partial charge in [0, 0.05) is 17.7 Å². The topological polar surface area (TPSA) is 76.7 Å². The normalized spacial score (nSPS) is 10.2. The van der Waals surface area contributed by atoms with Crippen LogP contribution in [0.15, 0.2) is 42.5 Å². The number of nitrogens with one attached hydrogen (secondary N) is 2. The molecule has 0 heterocycles. The smallest absolute Gasteiger partial charge is 0.271 e. The molecule has 0 unspecified atom stereocenters. The van der Waals surface area contributed by atoms with Crippen LogP contribution in [0.25, 0.3) is 0 Å². The average Bonchev–Trinajstić information content (AvgIpc) is 2.60. The van der Waals surface area contributed by atoms with Gasteiger partial charge in [0.25, 0.3) is 11.8 Å². The fourth-order valence-corrected chi connectivity index (χ4v) is 2.37. The lowest BCUT2D eigenvalue weighted by Gasteiger charge is -2.09. The molecular weight excluding hydrogens is 367 g/mol. The van der Waals surface area contributed by atoms with Crippen LogP contribution in [0.2, 0.25) is 10.0 Å². The summed E-state index contributed by atoms with van der Waals surface area (Å²) in [5.41, 5.74) is 5.18. The van der Waals surface area contributed by atoms with Gasteiger partial charge in [0.05, 0.1) is 17.2 Å². The highest BCUT2D eigenvalue weighted by atomic mass is 35.5. The second-order valence-corrected chi connectivity index (χ2v) is 5.74.